The normalized spacial score (nSPS) is 14.4. The minimum Gasteiger partial charge on any atom is -0.444 e. The van der Waals surface area contributed by atoms with E-state index >= 15 is 0 Å². The van der Waals surface area contributed by atoms with E-state index in [-0.39, 0.29) is 18.2 Å². The molecule has 330 valence electrons. The first kappa shape index (κ1) is 44.2. The quantitative estimate of drug-likeness (QED) is 0.117. The van der Waals surface area contributed by atoms with Crippen molar-refractivity contribution < 1.29 is 19.1 Å². The Labute approximate surface area is 380 Å². The molecule has 11 nitrogen and oxygen atoms in total. The highest BCUT2D eigenvalue weighted by atomic mass is 16.6. The van der Waals surface area contributed by atoms with Gasteiger partial charge in [0, 0.05) is 23.2 Å². The van der Waals surface area contributed by atoms with Crippen molar-refractivity contribution >= 4 is 23.6 Å². The van der Waals surface area contributed by atoms with Crippen LogP contribution in [0.3, 0.4) is 0 Å². The highest BCUT2D eigenvalue weighted by Crippen LogP contribution is 2.43. The van der Waals surface area contributed by atoms with Gasteiger partial charge in [0.05, 0.1) is 6.54 Å². The minimum atomic E-state index is -0.918. The van der Waals surface area contributed by atoms with Gasteiger partial charge in [0.1, 0.15) is 17.2 Å². The number of aryl methyl sites for hydroxylation is 1. The van der Waals surface area contributed by atoms with Crippen LogP contribution in [0.15, 0.2) is 164 Å². The number of amides is 3. The SMILES string of the molecule is CC(C)(CC(=O)NC1CCCc2ccccc2N(Cc2ccc(-c3ccccc3-c3nnnn3C(c3ccccc3)(c3ccccc3)c3ccccc3)cc2)C1=O)NC(=O)OC(C)(C)C. The van der Waals surface area contributed by atoms with E-state index in [2.05, 4.69) is 82.6 Å². The molecular weight excluding hydrogens is 811 g/mol. The topological polar surface area (TPSA) is 131 Å². The van der Waals surface area contributed by atoms with Crippen LogP contribution >= 0.6 is 0 Å². The van der Waals surface area contributed by atoms with Crippen LogP contribution in [0.1, 0.15) is 81.7 Å². The number of hydrogen-bond donors (Lipinski definition) is 2. The van der Waals surface area contributed by atoms with Gasteiger partial charge in [-0.3, -0.25) is 9.59 Å². The molecule has 3 amide bonds. The van der Waals surface area contributed by atoms with Crippen molar-refractivity contribution in [3.05, 3.63) is 192 Å². The van der Waals surface area contributed by atoms with Crippen molar-refractivity contribution in [1.82, 2.24) is 30.8 Å². The maximum atomic E-state index is 14.6. The number of carbonyl (C=O) groups is 3. The molecule has 8 rings (SSSR count). The summed E-state index contributed by atoms with van der Waals surface area (Å²) in [6.07, 6.45) is 1.32. The Kier molecular flexibility index (Phi) is 12.8. The van der Waals surface area contributed by atoms with Gasteiger partial charge in [-0.2, -0.15) is 0 Å². The average Bonchev–Trinajstić information content (AvgIpc) is 3.78. The van der Waals surface area contributed by atoms with Crippen molar-refractivity contribution in [2.24, 2.45) is 0 Å². The maximum absolute atomic E-state index is 14.6. The Hall–Kier alpha value is -7.40. The molecule has 0 spiro atoms. The highest BCUT2D eigenvalue weighted by molar-refractivity contribution is 6.00. The monoisotopic (exact) mass is 865 g/mol. The molecule has 0 saturated carbocycles. The summed E-state index contributed by atoms with van der Waals surface area (Å²) >= 11 is 0. The summed E-state index contributed by atoms with van der Waals surface area (Å²) < 4.78 is 7.37. The number of para-hydroxylation sites is 1. The Morgan fingerprint density at radius 2 is 1.25 bits per heavy atom. The fourth-order valence-electron chi connectivity index (χ4n) is 8.87. The largest absolute Gasteiger partial charge is 0.444 e. The fourth-order valence-corrected chi connectivity index (χ4v) is 8.87. The van der Waals surface area contributed by atoms with Crippen LogP contribution in [-0.4, -0.2) is 55.3 Å². The third-order valence-electron chi connectivity index (χ3n) is 11.7. The molecule has 0 saturated heterocycles. The summed E-state index contributed by atoms with van der Waals surface area (Å²) in [7, 11) is 0. The number of anilines is 1. The molecule has 0 aliphatic carbocycles. The number of carbonyl (C=O) groups excluding carboxylic acids is 3. The molecule has 2 N–H and O–H groups in total. The molecule has 2 heterocycles. The second-order valence-corrected chi connectivity index (χ2v) is 18.2. The maximum Gasteiger partial charge on any atom is 0.408 e. The zero-order valence-corrected chi connectivity index (χ0v) is 37.6. The molecular formula is C54H55N7O4. The van der Waals surface area contributed by atoms with Crippen molar-refractivity contribution in [2.45, 2.75) is 89.6 Å². The lowest BCUT2D eigenvalue weighted by molar-refractivity contribution is -0.128. The minimum absolute atomic E-state index is 0.0341. The van der Waals surface area contributed by atoms with Crippen molar-refractivity contribution in [2.75, 3.05) is 4.90 Å². The number of fused-ring (bicyclic) bond motifs is 1. The Morgan fingerprint density at radius 3 is 1.85 bits per heavy atom. The van der Waals surface area contributed by atoms with Crippen LogP contribution < -0.4 is 15.5 Å². The summed E-state index contributed by atoms with van der Waals surface area (Å²) in [5.41, 5.74) is 6.09. The van der Waals surface area contributed by atoms with E-state index in [9.17, 15) is 14.4 Å². The van der Waals surface area contributed by atoms with Gasteiger partial charge in [-0.05, 0) is 109 Å². The van der Waals surface area contributed by atoms with E-state index in [0.717, 1.165) is 63.0 Å². The van der Waals surface area contributed by atoms with Gasteiger partial charge in [0.2, 0.25) is 11.8 Å². The van der Waals surface area contributed by atoms with Gasteiger partial charge in [-0.1, -0.05) is 158 Å². The molecule has 0 radical (unpaired) electrons. The molecule has 1 unspecified atom stereocenters. The van der Waals surface area contributed by atoms with Gasteiger partial charge in [0.15, 0.2) is 5.82 Å². The summed E-state index contributed by atoms with van der Waals surface area (Å²) in [6.45, 7) is 9.17. The molecule has 1 aliphatic rings. The highest BCUT2D eigenvalue weighted by Gasteiger charge is 2.42. The Morgan fingerprint density at radius 1 is 0.692 bits per heavy atom. The molecule has 6 aromatic carbocycles. The van der Waals surface area contributed by atoms with Crippen molar-refractivity contribution in [1.29, 1.82) is 0 Å². The van der Waals surface area contributed by atoms with Crippen LogP contribution in [0.4, 0.5) is 10.5 Å². The number of hydrogen-bond acceptors (Lipinski definition) is 7. The average molecular weight is 866 g/mol. The fraction of sp³-hybridized carbons (Fsp3) is 0.259. The smallest absolute Gasteiger partial charge is 0.408 e. The number of aromatic nitrogens is 4. The van der Waals surface area contributed by atoms with E-state index in [0.29, 0.717) is 18.8 Å². The van der Waals surface area contributed by atoms with E-state index in [1.165, 1.54) is 0 Å². The summed E-state index contributed by atoms with van der Waals surface area (Å²) in [6, 6.07) is 54.6. The third kappa shape index (κ3) is 9.74. The Balaban J connectivity index is 1.10. The number of nitrogens with zero attached hydrogens (tertiary/aromatic N) is 5. The van der Waals surface area contributed by atoms with Gasteiger partial charge in [-0.25, -0.2) is 9.48 Å². The van der Waals surface area contributed by atoms with Crippen LogP contribution in [0.5, 0.6) is 0 Å². The first-order chi connectivity index (χ1) is 31.3. The predicted molar refractivity (Wildman–Crippen MR) is 254 cm³/mol. The molecule has 1 aliphatic heterocycles. The molecule has 0 fully saturated rings. The number of nitrogens with one attached hydrogen (secondary N) is 2. The second-order valence-electron chi connectivity index (χ2n) is 18.2. The van der Waals surface area contributed by atoms with Gasteiger partial charge < -0.3 is 20.3 Å². The van der Waals surface area contributed by atoms with Crippen LogP contribution in [0.25, 0.3) is 22.5 Å². The van der Waals surface area contributed by atoms with Crippen LogP contribution in [-0.2, 0) is 32.8 Å². The zero-order valence-electron chi connectivity index (χ0n) is 37.6. The van der Waals surface area contributed by atoms with E-state index < -0.39 is 28.8 Å². The number of benzene rings is 6. The number of tetrazole rings is 1. The van der Waals surface area contributed by atoms with Crippen molar-refractivity contribution in [3.63, 3.8) is 0 Å². The summed E-state index contributed by atoms with van der Waals surface area (Å²) in [5, 5.41) is 19.7. The van der Waals surface area contributed by atoms with Crippen LogP contribution in [0, 0.1) is 0 Å². The second kappa shape index (κ2) is 18.8. The third-order valence-corrected chi connectivity index (χ3v) is 11.7. The molecule has 1 atom stereocenters. The first-order valence-corrected chi connectivity index (χ1v) is 22.2. The Bertz CT molecular complexity index is 2650. The molecule has 1 aromatic heterocycles. The van der Waals surface area contributed by atoms with Gasteiger partial charge >= 0.3 is 6.09 Å². The molecule has 7 aromatic rings. The number of ether oxygens (including phenoxy) is 1. The van der Waals surface area contributed by atoms with Gasteiger partial charge in [0.25, 0.3) is 0 Å². The zero-order chi connectivity index (χ0) is 45.6. The number of rotatable bonds is 12. The number of alkyl carbamates (subject to hydrolysis) is 1. The standard InChI is InChI=1S/C54H55N7O4/c1-52(2,3)65-51(64)56-53(4,5)36-48(62)55-46-30-19-21-40-20-15-18-31-47(40)60(50(46)63)37-38-32-34-39(35-33-38)44-28-16-17-29-45(44)49-57-58-59-61(49)54(41-22-9-6-10-23-41,42-24-11-7-12-25-42)43-26-13-8-14-27-43/h6-18,20,22-29,31-35,46H,19,21,30,36-37H2,1-5H3,(H,55,62)(H,56,64). The summed E-state index contributed by atoms with van der Waals surface area (Å²) in [4.78, 5) is 42.5. The van der Waals surface area contributed by atoms with E-state index in [4.69, 9.17) is 15.0 Å². The molecule has 65 heavy (non-hydrogen) atoms. The van der Waals surface area contributed by atoms with E-state index in [1.54, 1.807) is 39.5 Å². The summed E-state index contributed by atoms with van der Waals surface area (Å²) in [5.74, 6) is 0.0744. The predicted octanol–water partition coefficient (Wildman–Crippen LogP) is 9.89. The van der Waals surface area contributed by atoms with Crippen molar-refractivity contribution in [3.8, 4) is 22.5 Å². The van der Waals surface area contributed by atoms with Crippen LogP contribution in [0.2, 0.25) is 0 Å². The van der Waals surface area contributed by atoms with E-state index in [1.807, 2.05) is 102 Å². The lowest BCUT2D eigenvalue weighted by atomic mass is 9.77. The lowest BCUT2D eigenvalue weighted by Gasteiger charge is -2.36. The lowest BCUT2D eigenvalue weighted by Crippen LogP contribution is -2.53. The van der Waals surface area contributed by atoms with Gasteiger partial charge in [-0.15, -0.1) is 5.10 Å². The molecule has 11 heteroatoms. The molecule has 0 bridgehead atoms. The first-order valence-electron chi connectivity index (χ1n) is 22.2.